The Balaban J connectivity index is 1.42. The van der Waals surface area contributed by atoms with Crippen molar-refractivity contribution in [3.05, 3.63) is 47.1 Å². The molecule has 1 atom stereocenters. The van der Waals surface area contributed by atoms with Crippen LogP contribution in [0, 0.1) is 6.92 Å². The summed E-state index contributed by atoms with van der Waals surface area (Å²) in [6.45, 7) is 10.3. The van der Waals surface area contributed by atoms with Crippen molar-refractivity contribution in [1.82, 2.24) is 25.7 Å². The van der Waals surface area contributed by atoms with Gasteiger partial charge in [0, 0.05) is 39.3 Å². The largest absolute Gasteiger partial charge is 0.371 e. The van der Waals surface area contributed by atoms with Gasteiger partial charge in [0.15, 0.2) is 11.8 Å². The molecule has 1 aromatic heterocycles. The van der Waals surface area contributed by atoms with Gasteiger partial charge >= 0.3 is 0 Å². The van der Waals surface area contributed by atoms with Crippen LogP contribution in [0.25, 0.3) is 0 Å². The molecule has 164 valence electrons. The van der Waals surface area contributed by atoms with Gasteiger partial charge < -0.3 is 19.9 Å². The van der Waals surface area contributed by atoms with Crippen LogP contribution < -0.4 is 10.6 Å². The lowest BCUT2D eigenvalue weighted by Crippen LogP contribution is -2.48. The Morgan fingerprint density at radius 2 is 2.10 bits per heavy atom. The van der Waals surface area contributed by atoms with Crippen molar-refractivity contribution in [1.29, 1.82) is 0 Å². The van der Waals surface area contributed by atoms with Crippen LogP contribution in [-0.4, -0.2) is 53.8 Å². The van der Waals surface area contributed by atoms with E-state index in [1.807, 2.05) is 13.8 Å². The standard InChI is InChI=1S/C22H34N6O2/c1-5-29-17(3)21-26-20(30-27-21)14-24-22(23-4)25-19-10-12-28(13-11-19)15-18-9-7-6-8-16(18)2/h6-9,17,19H,5,10-15H2,1-4H3,(H2,23,24,25). The van der Waals surface area contributed by atoms with Crippen molar-refractivity contribution in [2.45, 2.75) is 58.8 Å². The van der Waals surface area contributed by atoms with Crippen molar-refractivity contribution < 1.29 is 9.26 Å². The molecule has 1 unspecified atom stereocenters. The summed E-state index contributed by atoms with van der Waals surface area (Å²) in [5.74, 6) is 1.84. The first-order valence-corrected chi connectivity index (χ1v) is 10.8. The minimum absolute atomic E-state index is 0.171. The van der Waals surface area contributed by atoms with Gasteiger partial charge in [-0.2, -0.15) is 4.98 Å². The van der Waals surface area contributed by atoms with Gasteiger partial charge in [-0.1, -0.05) is 29.4 Å². The fourth-order valence-corrected chi connectivity index (χ4v) is 3.64. The second-order valence-corrected chi connectivity index (χ2v) is 7.69. The third kappa shape index (κ3) is 6.27. The van der Waals surface area contributed by atoms with Gasteiger partial charge in [0.1, 0.15) is 6.10 Å². The molecule has 0 aliphatic carbocycles. The zero-order valence-electron chi connectivity index (χ0n) is 18.5. The van der Waals surface area contributed by atoms with Crippen molar-refractivity contribution in [3.63, 3.8) is 0 Å². The number of nitrogens with one attached hydrogen (secondary N) is 2. The Bertz CT molecular complexity index is 813. The number of hydrogen-bond donors (Lipinski definition) is 2. The van der Waals surface area contributed by atoms with Crippen molar-refractivity contribution in [2.24, 2.45) is 4.99 Å². The van der Waals surface area contributed by atoms with Crippen molar-refractivity contribution in [3.8, 4) is 0 Å². The van der Waals surface area contributed by atoms with Gasteiger partial charge in [0.2, 0.25) is 5.89 Å². The molecule has 2 aromatic rings. The number of aryl methyl sites for hydroxylation is 1. The maximum Gasteiger partial charge on any atom is 0.246 e. The number of nitrogens with zero attached hydrogens (tertiary/aromatic N) is 4. The number of rotatable bonds is 8. The molecule has 8 nitrogen and oxygen atoms in total. The monoisotopic (exact) mass is 414 g/mol. The number of likely N-dealkylation sites (tertiary alicyclic amines) is 1. The van der Waals surface area contributed by atoms with E-state index in [4.69, 9.17) is 9.26 Å². The van der Waals surface area contributed by atoms with Gasteiger partial charge in [0.25, 0.3) is 0 Å². The van der Waals surface area contributed by atoms with E-state index in [0.717, 1.165) is 38.4 Å². The third-order valence-electron chi connectivity index (χ3n) is 5.48. The number of ether oxygens (including phenoxy) is 1. The number of piperidine rings is 1. The molecule has 2 N–H and O–H groups in total. The van der Waals surface area contributed by atoms with Gasteiger partial charge in [-0.25, -0.2) is 0 Å². The topological polar surface area (TPSA) is 87.8 Å². The Hall–Kier alpha value is -2.45. The highest BCUT2D eigenvalue weighted by Gasteiger charge is 2.21. The number of guanidine groups is 1. The summed E-state index contributed by atoms with van der Waals surface area (Å²) in [5.41, 5.74) is 2.78. The first-order chi connectivity index (χ1) is 14.6. The summed E-state index contributed by atoms with van der Waals surface area (Å²) < 4.78 is 10.8. The molecule has 1 saturated heterocycles. The molecular weight excluding hydrogens is 380 g/mol. The molecule has 2 heterocycles. The van der Waals surface area contributed by atoms with E-state index in [-0.39, 0.29) is 6.10 Å². The van der Waals surface area contributed by atoms with Gasteiger partial charge in [-0.15, -0.1) is 0 Å². The van der Waals surface area contributed by atoms with E-state index in [0.29, 0.717) is 30.9 Å². The minimum atomic E-state index is -0.171. The average molecular weight is 415 g/mol. The summed E-state index contributed by atoms with van der Waals surface area (Å²) in [4.78, 5) is 11.2. The summed E-state index contributed by atoms with van der Waals surface area (Å²) in [7, 11) is 1.78. The Labute approximate surface area is 179 Å². The summed E-state index contributed by atoms with van der Waals surface area (Å²) in [6.07, 6.45) is 2.00. The first-order valence-electron chi connectivity index (χ1n) is 10.8. The fraction of sp³-hybridized carbons (Fsp3) is 0.591. The Kier molecular flexibility index (Phi) is 8.21. The molecule has 0 radical (unpaired) electrons. The fourth-order valence-electron chi connectivity index (χ4n) is 3.64. The molecule has 0 spiro atoms. The molecule has 0 amide bonds. The lowest BCUT2D eigenvalue weighted by atomic mass is 10.0. The molecule has 1 aliphatic heterocycles. The van der Waals surface area contributed by atoms with E-state index in [9.17, 15) is 0 Å². The van der Waals surface area contributed by atoms with Crippen LogP contribution in [0.15, 0.2) is 33.8 Å². The van der Waals surface area contributed by atoms with Crippen LogP contribution in [0.2, 0.25) is 0 Å². The summed E-state index contributed by atoms with van der Waals surface area (Å²) in [5, 5.41) is 10.8. The van der Waals surface area contributed by atoms with Crippen LogP contribution in [0.1, 0.15) is 55.6 Å². The summed E-state index contributed by atoms with van der Waals surface area (Å²) >= 11 is 0. The predicted octanol–water partition coefficient (Wildman–Crippen LogP) is 2.81. The second-order valence-electron chi connectivity index (χ2n) is 7.69. The number of benzene rings is 1. The lowest BCUT2D eigenvalue weighted by Gasteiger charge is -2.33. The molecule has 0 saturated carbocycles. The maximum absolute atomic E-state index is 5.50. The van der Waals surface area contributed by atoms with Crippen LogP contribution in [0.3, 0.4) is 0 Å². The summed E-state index contributed by atoms with van der Waals surface area (Å²) in [6, 6.07) is 9.03. The molecule has 1 aliphatic rings. The highest BCUT2D eigenvalue weighted by atomic mass is 16.5. The zero-order chi connectivity index (χ0) is 21.3. The molecule has 0 bridgehead atoms. The minimum Gasteiger partial charge on any atom is -0.371 e. The third-order valence-corrected chi connectivity index (χ3v) is 5.48. The molecular formula is C22H34N6O2. The molecule has 8 heteroatoms. The number of hydrogen-bond acceptors (Lipinski definition) is 6. The van der Waals surface area contributed by atoms with E-state index in [1.54, 1.807) is 7.05 Å². The quantitative estimate of drug-likeness (QED) is 0.507. The van der Waals surface area contributed by atoms with Crippen LogP contribution in [0.4, 0.5) is 0 Å². The zero-order valence-corrected chi connectivity index (χ0v) is 18.5. The maximum atomic E-state index is 5.50. The molecule has 3 rings (SSSR count). The molecule has 1 fully saturated rings. The Morgan fingerprint density at radius 1 is 1.33 bits per heavy atom. The van der Waals surface area contributed by atoms with E-state index < -0.39 is 0 Å². The predicted molar refractivity (Wildman–Crippen MR) is 117 cm³/mol. The molecule has 30 heavy (non-hydrogen) atoms. The van der Waals surface area contributed by atoms with Crippen molar-refractivity contribution >= 4 is 5.96 Å². The Morgan fingerprint density at radius 3 is 2.80 bits per heavy atom. The van der Waals surface area contributed by atoms with E-state index in [2.05, 4.69) is 61.9 Å². The van der Waals surface area contributed by atoms with Gasteiger partial charge in [-0.3, -0.25) is 9.89 Å². The smallest absolute Gasteiger partial charge is 0.246 e. The second kappa shape index (κ2) is 11.1. The lowest BCUT2D eigenvalue weighted by molar-refractivity contribution is 0.0683. The van der Waals surface area contributed by atoms with Gasteiger partial charge in [-0.05, 0) is 44.7 Å². The number of aliphatic imine (C=N–C) groups is 1. The first kappa shape index (κ1) is 22.2. The van der Waals surface area contributed by atoms with Crippen LogP contribution in [-0.2, 0) is 17.8 Å². The highest BCUT2D eigenvalue weighted by molar-refractivity contribution is 5.79. The normalized spacial score (nSPS) is 17.1. The number of aromatic nitrogens is 2. The highest BCUT2D eigenvalue weighted by Crippen LogP contribution is 2.16. The van der Waals surface area contributed by atoms with Crippen LogP contribution in [0.5, 0.6) is 0 Å². The van der Waals surface area contributed by atoms with E-state index >= 15 is 0 Å². The average Bonchev–Trinajstić information content (AvgIpc) is 3.23. The van der Waals surface area contributed by atoms with Gasteiger partial charge in [0.05, 0.1) is 6.54 Å². The molecule has 1 aromatic carbocycles. The van der Waals surface area contributed by atoms with E-state index in [1.165, 1.54) is 11.1 Å². The SMILES string of the molecule is CCOC(C)c1noc(CNC(=NC)NC2CCN(Cc3ccccc3C)CC2)n1. The van der Waals surface area contributed by atoms with Crippen LogP contribution >= 0.6 is 0 Å². The van der Waals surface area contributed by atoms with Crippen molar-refractivity contribution in [2.75, 3.05) is 26.7 Å².